The van der Waals surface area contributed by atoms with E-state index in [1.54, 1.807) is 0 Å². The van der Waals surface area contributed by atoms with Crippen molar-refractivity contribution in [3.05, 3.63) is 54.1 Å². The van der Waals surface area contributed by atoms with Gasteiger partial charge in [-0.05, 0) is 56.0 Å². The fourth-order valence-corrected chi connectivity index (χ4v) is 2.68. The lowest BCUT2D eigenvalue weighted by atomic mass is 10.1. The Labute approximate surface area is 140 Å². The molecule has 0 saturated heterocycles. The Hall–Kier alpha value is -2.16. The van der Waals surface area contributed by atoms with E-state index < -0.39 is 0 Å². The molecular weight excluding hydrogens is 284 g/mol. The van der Waals surface area contributed by atoms with Crippen LogP contribution in [0.15, 0.2) is 48.5 Å². The molecule has 0 aliphatic carbocycles. The lowest BCUT2D eigenvalue weighted by molar-refractivity contribution is 0.319. The monoisotopic (exact) mass is 312 g/mol. The lowest BCUT2D eigenvalue weighted by Crippen LogP contribution is -2.24. The molecule has 0 heterocycles. The van der Waals surface area contributed by atoms with Crippen LogP contribution in [0.5, 0.6) is 5.75 Å². The summed E-state index contributed by atoms with van der Waals surface area (Å²) >= 11 is 0. The fraction of sp³-hybridized carbons (Fsp3) is 0.400. The van der Waals surface area contributed by atoms with Gasteiger partial charge >= 0.3 is 0 Å². The number of nitrogens with two attached hydrogens (primary N) is 1. The van der Waals surface area contributed by atoms with Crippen molar-refractivity contribution in [1.29, 1.82) is 0 Å². The van der Waals surface area contributed by atoms with Crippen molar-refractivity contribution >= 4 is 11.4 Å². The Balaban J connectivity index is 1.87. The second-order valence-electron chi connectivity index (χ2n) is 5.74. The van der Waals surface area contributed by atoms with Crippen molar-refractivity contribution in [2.24, 2.45) is 0 Å². The molecule has 3 nitrogen and oxygen atoms in total. The van der Waals surface area contributed by atoms with Gasteiger partial charge in [0.25, 0.3) is 0 Å². The number of hydrogen-bond acceptors (Lipinski definition) is 3. The van der Waals surface area contributed by atoms with E-state index in [1.165, 1.54) is 11.3 Å². The van der Waals surface area contributed by atoms with E-state index in [9.17, 15) is 0 Å². The van der Waals surface area contributed by atoms with Gasteiger partial charge in [0.1, 0.15) is 5.75 Å². The normalized spacial score (nSPS) is 10.5. The maximum Gasteiger partial charge on any atom is 0.142 e. The van der Waals surface area contributed by atoms with Crippen molar-refractivity contribution in [3.63, 3.8) is 0 Å². The molecule has 23 heavy (non-hydrogen) atoms. The molecule has 3 heteroatoms. The third-order valence-corrected chi connectivity index (χ3v) is 3.93. The molecule has 2 rings (SSSR count). The maximum absolute atomic E-state index is 6.08. The molecule has 0 fully saturated rings. The molecule has 0 spiro atoms. The van der Waals surface area contributed by atoms with Crippen LogP contribution in [-0.4, -0.2) is 19.7 Å². The summed E-state index contributed by atoms with van der Waals surface area (Å²) in [5.74, 6) is 0.801. The minimum Gasteiger partial charge on any atom is -0.491 e. The summed E-state index contributed by atoms with van der Waals surface area (Å²) in [4.78, 5) is 2.40. The van der Waals surface area contributed by atoms with Crippen molar-refractivity contribution in [2.45, 2.75) is 33.1 Å². The maximum atomic E-state index is 6.08. The van der Waals surface area contributed by atoms with Crippen LogP contribution in [0.3, 0.4) is 0 Å². The number of hydrogen-bond donors (Lipinski definition) is 1. The lowest BCUT2D eigenvalue weighted by Gasteiger charge is -2.23. The highest BCUT2D eigenvalue weighted by Gasteiger charge is 2.05. The molecule has 124 valence electrons. The second-order valence-corrected chi connectivity index (χ2v) is 5.74. The number of rotatable bonds is 9. The molecule has 0 atom stereocenters. The van der Waals surface area contributed by atoms with Crippen molar-refractivity contribution in [3.8, 4) is 5.75 Å². The highest BCUT2D eigenvalue weighted by Crippen LogP contribution is 2.23. The summed E-state index contributed by atoms with van der Waals surface area (Å²) < 4.78 is 5.63. The zero-order valence-corrected chi connectivity index (χ0v) is 14.3. The first-order chi connectivity index (χ1) is 11.2. The molecule has 0 amide bonds. The fourth-order valence-electron chi connectivity index (χ4n) is 2.68. The van der Waals surface area contributed by atoms with Gasteiger partial charge in [-0.15, -0.1) is 0 Å². The van der Waals surface area contributed by atoms with Gasteiger partial charge in [0.15, 0.2) is 0 Å². The number of aryl methyl sites for hydroxylation is 1. The van der Waals surface area contributed by atoms with E-state index in [-0.39, 0.29) is 0 Å². The van der Waals surface area contributed by atoms with E-state index >= 15 is 0 Å². The zero-order valence-electron chi connectivity index (χ0n) is 14.3. The molecule has 2 aromatic carbocycles. The summed E-state index contributed by atoms with van der Waals surface area (Å²) in [6, 6.07) is 16.7. The van der Waals surface area contributed by atoms with Gasteiger partial charge in [-0.25, -0.2) is 0 Å². The minimum absolute atomic E-state index is 0.714. The van der Waals surface area contributed by atoms with Crippen LogP contribution in [0.1, 0.15) is 32.3 Å². The topological polar surface area (TPSA) is 38.5 Å². The number of nitrogen functional groups attached to an aromatic ring is 1. The summed E-state index contributed by atoms with van der Waals surface area (Å²) in [6.07, 6.45) is 3.13. The molecule has 0 aliphatic heterocycles. The molecule has 0 unspecified atom stereocenters. The largest absolute Gasteiger partial charge is 0.491 e. The average Bonchev–Trinajstić information content (AvgIpc) is 2.59. The van der Waals surface area contributed by atoms with Crippen LogP contribution in [0.2, 0.25) is 0 Å². The van der Waals surface area contributed by atoms with Gasteiger partial charge in [-0.1, -0.05) is 31.2 Å². The molecule has 0 radical (unpaired) electrons. The van der Waals surface area contributed by atoms with Crippen molar-refractivity contribution in [2.75, 3.05) is 30.3 Å². The number of ether oxygens (including phenoxy) is 1. The molecule has 2 N–H and O–H groups in total. The van der Waals surface area contributed by atoms with E-state index in [1.807, 2.05) is 12.1 Å². The van der Waals surface area contributed by atoms with Gasteiger partial charge in [0.05, 0.1) is 12.3 Å². The van der Waals surface area contributed by atoms with Crippen molar-refractivity contribution < 1.29 is 4.74 Å². The Morgan fingerprint density at radius 1 is 1.04 bits per heavy atom. The summed E-state index contributed by atoms with van der Waals surface area (Å²) in [6.45, 7) is 7.08. The van der Waals surface area contributed by atoms with Crippen LogP contribution in [0.4, 0.5) is 11.4 Å². The second kappa shape index (κ2) is 9.09. The van der Waals surface area contributed by atoms with E-state index in [0.717, 1.165) is 43.8 Å². The zero-order chi connectivity index (χ0) is 16.5. The SMILES string of the molecule is CCCOc1ccc(CCCN(CC)c2ccccc2)cc1N. The molecular formula is C20H28N2O. The van der Waals surface area contributed by atoms with Crippen LogP contribution in [0, 0.1) is 0 Å². The number of nitrogens with zero attached hydrogens (tertiary/aromatic N) is 1. The average molecular weight is 312 g/mol. The first kappa shape index (κ1) is 17.2. The van der Waals surface area contributed by atoms with Crippen LogP contribution >= 0.6 is 0 Å². The molecule has 0 aliphatic rings. The molecule has 2 aromatic rings. The Kier molecular flexibility index (Phi) is 6.79. The molecule has 0 saturated carbocycles. The minimum atomic E-state index is 0.714. The van der Waals surface area contributed by atoms with Gasteiger partial charge in [-0.2, -0.15) is 0 Å². The highest BCUT2D eigenvalue weighted by atomic mass is 16.5. The predicted octanol–water partition coefficient (Wildman–Crippen LogP) is 4.52. The van der Waals surface area contributed by atoms with Crippen LogP contribution < -0.4 is 15.4 Å². The van der Waals surface area contributed by atoms with Gasteiger partial charge in [0.2, 0.25) is 0 Å². The summed E-state index contributed by atoms with van der Waals surface area (Å²) in [7, 11) is 0. The smallest absolute Gasteiger partial charge is 0.142 e. The predicted molar refractivity (Wildman–Crippen MR) is 99.3 cm³/mol. The van der Waals surface area contributed by atoms with Crippen LogP contribution in [0.25, 0.3) is 0 Å². The number of para-hydroxylation sites is 1. The Bertz CT molecular complexity index is 583. The molecule has 0 bridgehead atoms. The first-order valence-corrected chi connectivity index (χ1v) is 8.55. The number of benzene rings is 2. The third-order valence-electron chi connectivity index (χ3n) is 3.93. The summed E-state index contributed by atoms with van der Waals surface area (Å²) in [5, 5.41) is 0. The van der Waals surface area contributed by atoms with Crippen LogP contribution in [-0.2, 0) is 6.42 Å². The van der Waals surface area contributed by atoms with E-state index in [2.05, 4.69) is 55.1 Å². The van der Waals surface area contributed by atoms with Gasteiger partial charge in [0, 0.05) is 18.8 Å². The van der Waals surface area contributed by atoms with Crippen molar-refractivity contribution in [1.82, 2.24) is 0 Å². The Morgan fingerprint density at radius 2 is 1.83 bits per heavy atom. The quantitative estimate of drug-likeness (QED) is 0.692. The third kappa shape index (κ3) is 5.20. The number of anilines is 2. The van der Waals surface area contributed by atoms with E-state index in [4.69, 9.17) is 10.5 Å². The molecule has 0 aromatic heterocycles. The van der Waals surface area contributed by atoms with Gasteiger partial charge in [-0.3, -0.25) is 0 Å². The highest BCUT2D eigenvalue weighted by molar-refractivity contribution is 5.54. The van der Waals surface area contributed by atoms with Gasteiger partial charge < -0.3 is 15.4 Å². The first-order valence-electron chi connectivity index (χ1n) is 8.55. The van der Waals surface area contributed by atoms with E-state index in [0.29, 0.717) is 6.61 Å². The standard InChI is InChI=1S/C20H28N2O/c1-3-15-23-20-13-12-17(16-19(20)21)9-8-14-22(4-2)18-10-6-5-7-11-18/h5-7,10-13,16H,3-4,8-9,14-15,21H2,1-2H3. The Morgan fingerprint density at radius 3 is 2.48 bits per heavy atom. The summed E-state index contributed by atoms with van der Waals surface area (Å²) in [5.41, 5.74) is 9.38.